The minimum atomic E-state index is -0.400. The molecule has 0 fully saturated rings. The van der Waals surface area contributed by atoms with Crippen LogP contribution in [0.1, 0.15) is 42.6 Å². The number of thioether (sulfide) groups is 1. The normalized spacial score (nSPS) is 10.8. The molecule has 34 heavy (non-hydrogen) atoms. The Hall–Kier alpha value is -3.37. The predicted octanol–water partition coefficient (Wildman–Crippen LogP) is 5.17. The van der Waals surface area contributed by atoms with Crippen molar-refractivity contribution in [3.63, 3.8) is 0 Å². The molecule has 0 saturated carbocycles. The number of benzene rings is 1. The Morgan fingerprint density at radius 3 is 2.53 bits per heavy atom. The largest absolute Gasteiger partial charge is 0.491 e. The van der Waals surface area contributed by atoms with E-state index in [1.165, 1.54) is 6.20 Å². The van der Waals surface area contributed by atoms with Gasteiger partial charge in [-0.15, -0.1) is 11.8 Å². The second-order valence-electron chi connectivity index (χ2n) is 7.70. The van der Waals surface area contributed by atoms with Gasteiger partial charge in [-0.2, -0.15) is 0 Å². The monoisotopic (exact) mass is 482 g/mol. The molecule has 10 heteroatoms. The Balaban J connectivity index is 1.96. The van der Waals surface area contributed by atoms with Crippen molar-refractivity contribution in [3.05, 3.63) is 53.6 Å². The van der Waals surface area contributed by atoms with E-state index in [4.69, 9.17) is 9.57 Å². The molecule has 9 nitrogen and oxygen atoms in total. The molecule has 0 atom stereocenters. The molecule has 3 rings (SSSR count). The van der Waals surface area contributed by atoms with Gasteiger partial charge in [-0.3, -0.25) is 9.63 Å². The molecule has 0 radical (unpaired) electrons. The number of aromatic nitrogens is 3. The Morgan fingerprint density at radius 1 is 1.06 bits per heavy atom. The third kappa shape index (κ3) is 6.82. The molecule has 2 heterocycles. The summed E-state index contributed by atoms with van der Waals surface area (Å²) < 4.78 is 5.82. The fraction of sp³-hybridized carbons (Fsp3) is 0.333. The number of carbonyl (C=O) groups excluding carboxylic acids is 1. The van der Waals surface area contributed by atoms with E-state index in [0.717, 1.165) is 22.0 Å². The standard InChI is InChI=1S/C24H30N6O3S/c1-7-32-30-24(31)18-13-25-22(29-23-10-15(4)26-16(5)27-23)12-20(18)28-19-9-8-17(33-14(2)3)11-21(19)34-6/h8-14H,7H2,1-6H3,(H,30,31)(H2,25,26,27,28,29). The summed E-state index contributed by atoms with van der Waals surface area (Å²) in [5, 5.41) is 6.56. The van der Waals surface area contributed by atoms with Gasteiger partial charge in [-0.1, -0.05) is 0 Å². The third-order valence-electron chi connectivity index (χ3n) is 4.49. The van der Waals surface area contributed by atoms with E-state index in [-0.39, 0.29) is 6.10 Å². The summed E-state index contributed by atoms with van der Waals surface area (Å²) in [5.74, 6) is 2.18. The number of anilines is 4. The maximum atomic E-state index is 12.7. The summed E-state index contributed by atoms with van der Waals surface area (Å²) in [5.41, 5.74) is 5.01. The molecule has 1 amide bonds. The molecule has 1 aromatic carbocycles. The molecule has 3 N–H and O–H groups in total. The van der Waals surface area contributed by atoms with Crippen LogP contribution in [0.4, 0.5) is 23.0 Å². The summed E-state index contributed by atoms with van der Waals surface area (Å²) in [6, 6.07) is 9.39. The quantitative estimate of drug-likeness (QED) is 0.266. The molecule has 0 aliphatic rings. The first-order chi connectivity index (χ1) is 16.3. The highest BCUT2D eigenvalue weighted by Gasteiger charge is 2.16. The van der Waals surface area contributed by atoms with Crippen LogP contribution in [0.2, 0.25) is 0 Å². The fourth-order valence-corrected chi connectivity index (χ4v) is 3.75. The lowest BCUT2D eigenvalue weighted by Gasteiger charge is -2.17. The zero-order chi connectivity index (χ0) is 24.7. The van der Waals surface area contributed by atoms with Crippen LogP contribution >= 0.6 is 11.8 Å². The number of aryl methyl sites for hydroxylation is 2. The van der Waals surface area contributed by atoms with Gasteiger partial charge in [-0.25, -0.2) is 20.4 Å². The lowest BCUT2D eigenvalue weighted by Crippen LogP contribution is -2.24. The molecule has 180 valence electrons. The predicted molar refractivity (Wildman–Crippen MR) is 135 cm³/mol. The first-order valence-electron chi connectivity index (χ1n) is 10.9. The molecule has 0 unspecified atom stereocenters. The first kappa shape index (κ1) is 25.3. The second kappa shape index (κ2) is 11.7. The molecular formula is C24H30N6O3S. The maximum absolute atomic E-state index is 12.7. The van der Waals surface area contributed by atoms with E-state index in [9.17, 15) is 4.79 Å². The topological polar surface area (TPSA) is 110 Å². The maximum Gasteiger partial charge on any atom is 0.278 e. The summed E-state index contributed by atoms with van der Waals surface area (Å²) in [6.07, 6.45) is 3.56. The van der Waals surface area contributed by atoms with Gasteiger partial charge in [0.05, 0.1) is 29.6 Å². The van der Waals surface area contributed by atoms with E-state index >= 15 is 0 Å². The van der Waals surface area contributed by atoms with Crippen LogP contribution in [0.15, 0.2) is 41.4 Å². The van der Waals surface area contributed by atoms with Crippen molar-refractivity contribution in [2.24, 2.45) is 0 Å². The Morgan fingerprint density at radius 2 is 1.85 bits per heavy atom. The van der Waals surface area contributed by atoms with Gasteiger partial charge >= 0.3 is 0 Å². The Kier molecular flexibility index (Phi) is 8.67. The highest BCUT2D eigenvalue weighted by molar-refractivity contribution is 7.98. The molecule has 0 saturated heterocycles. The fourth-order valence-electron chi connectivity index (χ4n) is 3.18. The summed E-state index contributed by atoms with van der Waals surface area (Å²) in [7, 11) is 0. The van der Waals surface area contributed by atoms with E-state index in [2.05, 4.69) is 31.1 Å². The summed E-state index contributed by atoms with van der Waals surface area (Å²) in [6.45, 7) is 9.85. The number of rotatable bonds is 10. The molecule has 0 spiro atoms. The molecule has 0 bridgehead atoms. The minimum Gasteiger partial charge on any atom is -0.491 e. The van der Waals surface area contributed by atoms with E-state index in [1.807, 2.05) is 58.2 Å². The van der Waals surface area contributed by atoms with Crippen molar-refractivity contribution >= 4 is 40.7 Å². The number of hydroxylamine groups is 1. The number of ether oxygens (including phenoxy) is 1. The van der Waals surface area contributed by atoms with Crippen LogP contribution in [0, 0.1) is 13.8 Å². The second-order valence-corrected chi connectivity index (χ2v) is 8.55. The average molecular weight is 483 g/mol. The van der Waals surface area contributed by atoms with Crippen LogP contribution in [-0.2, 0) is 4.84 Å². The SMILES string of the molecule is CCONC(=O)c1cnc(Nc2cc(C)nc(C)n2)cc1Nc1ccc(OC(C)C)cc1SC. The lowest BCUT2D eigenvalue weighted by molar-refractivity contribution is 0.0365. The van der Waals surface area contributed by atoms with Crippen molar-refractivity contribution in [3.8, 4) is 5.75 Å². The van der Waals surface area contributed by atoms with Gasteiger partial charge in [0, 0.05) is 28.9 Å². The Labute approximate surface area is 204 Å². The van der Waals surface area contributed by atoms with Gasteiger partial charge < -0.3 is 15.4 Å². The van der Waals surface area contributed by atoms with Gasteiger partial charge in [0.15, 0.2) is 0 Å². The number of carbonyl (C=O) groups is 1. The number of pyridine rings is 1. The first-order valence-corrected chi connectivity index (χ1v) is 12.1. The van der Waals surface area contributed by atoms with Crippen molar-refractivity contribution in [2.75, 3.05) is 23.5 Å². The van der Waals surface area contributed by atoms with Crippen LogP contribution in [0.3, 0.4) is 0 Å². The number of nitrogens with zero attached hydrogens (tertiary/aromatic N) is 3. The molecule has 3 aromatic rings. The smallest absolute Gasteiger partial charge is 0.278 e. The average Bonchev–Trinajstić information content (AvgIpc) is 2.77. The van der Waals surface area contributed by atoms with Crippen LogP contribution in [0.25, 0.3) is 0 Å². The molecule has 0 aliphatic heterocycles. The number of hydrogen-bond donors (Lipinski definition) is 3. The van der Waals surface area contributed by atoms with Crippen LogP contribution in [0.5, 0.6) is 5.75 Å². The van der Waals surface area contributed by atoms with E-state index in [1.54, 1.807) is 24.8 Å². The summed E-state index contributed by atoms with van der Waals surface area (Å²) >= 11 is 1.58. The van der Waals surface area contributed by atoms with Gasteiger partial charge in [0.2, 0.25) is 0 Å². The molecule has 2 aromatic heterocycles. The molecule has 0 aliphatic carbocycles. The van der Waals surface area contributed by atoms with Crippen molar-refractivity contribution < 1.29 is 14.4 Å². The van der Waals surface area contributed by atoms with Crippen molar-refractivity contribution in [1.29, 1.82) is 0 Å². The number of hydrogen-bond acceptors (Lipinski definition) is 9. The zero-order valence-corrected chi connectivity index (χ0v) is 21.0. The van der Waals surface area contributed by atoms with Gasteiger partial charge in [-0.05, 0) is 59.1 Å². The van der Waals surface area contributed by atoms with Gasteiger partial charge in [0.1, 0.15) is 23.2 Å². The molecular weight excluding hydrogens is 452 g/mol. The van der Waals surface area contributed by atoms with E-state index in [0.29, 0.717) is 35.3 Å². The Bertz CT molecular complexity index is 1140. The zero-order valence-electron chi connectivity index (χ0n) is 20.2. The van der Waals surface area contributed by atoms with Crippen LogP contribution in [-0.4, -0.2) is 39.8 Å². The van der Waals surface area contributed by atoms with Crippen molar-refractivity contribution in [1.82, 2.24) is 20.4 Å². The number of amides is 1. The minimum absolute atomic E-state index is 0.0743. The van der Waals surface area contributed by atoms with Crippen LogP contribution < -0.4 is 20.9 Å². The van der Waals surface area contributed by atoms with Crippen molar-refractivity contribution in [2.45, 2.75) is 45.6 Å². The highest BCUT2D eigenvalue weighted by Crippen LogP contribution is 2.34. The highest BCUT2D eigenvalue weighted by atomic mass is 32.2. The third-order valence-corrected chi connectivity index (χ3v) is 5.27. The van der Waals surface area contributed by atoms with Gasteiger partial charge in [0.25, 0.3) is 5.91 Å². The van der Waals surface area contributed by atoms with E-state index < -0.39 is 5.91 Å². The number of nitrogens with one attached hydrogen (secondary N) is 3. The lowest BCUT2D eigenvalue weighted by atomic mass is 10.2. The summed E-state index contributed by atoms with van der Waals surface area (Å²) in [4.78, 5) is 31.9.